The summed E-state index contributed by atoms with van der Waals surface area (Å²) in [5.74, 6) is -0.999. The normalized spacial score (nSPS) is 12.1. The van der Waals surface area contributed by atoms with Crippen LogP contribution in [0, 0.1) is 0 Å². The fourth-order valence-electron chi connectivity index (χ4n) is 1.25. The van der Waals surface area contributed by atoms with Crippen LogP contribution in [0.2, 0.25) is 0 Å². The molecule has 0 spiro atoms. The van der Waals surface area contributed by atoms with Crippen LogP contribution in [-0.2, 0) is 14.3 Å². The fraction of sp³-hybridized carbons (Fsp3) is 0.818. The van der Waals surface area contributed by atoms with Gasteiger partial charge in [-0.05, 0) is 33.2 Å². The molecule has 0 saturated heterocycles. The lowest BCUT2D eigenvalue weighted by atomic mass is 10.2. The van der Waals surface area contributed by atoms with Crippen molar-refractivity contribution in [2.24, 2.45) is 0 Å². The lowest BCUT2D eigenvalue weighted by Crippen LogP contribution is -2.35. The van der Waals surface area contributed by atoms with Gasteiger partial charge in [0.2, 0.25) is 0 Å². The van der Waals surface area contributed by atoms with Crippen LogP contribution in [0.4, 0.5) is 0 Å². The van der Waals surface area contributed by atoms with Crippen molar-refractivity contribution in [3.63, 3.8) is 0 Å². The standard InChI is InChI=1S/C11H21NO4/c1-3-16-11(15)9(2)12-8-6-4-5-7-10(13)14/h9,12H,3-8H2,1-2H3,(H,13,14). The smallest absolute Gasteiger partial charge is 0.322 e. The van der Waals surface area contributed by atoms with Crippen molar-refractivity contribution in [1.82, 2.24) is 5.32 Å². The van der Waals surface area contributed by atoms with Crippen LogP contribution >= 0.6 is 0 Å². The Morgan fingerprint density at radius 2 is 2.00 bits per heavy atom. The van der Waals surface area contributed by atoms with Crippen molar-refractivity contribution >= 4 is 11.9 Å². The summed E-state index contributed by atoms with van der Waals surface area (Å²) in [7, 11) is 0. The Bertz CT molecular complexity index is 218. The minimum atomic E-state index is -0.757. The maximum absolute atomic E-state index is 11.2. The summed E-state index contributed by atoms with van der Waals surface area (Å²) in [5.41, 5.74) is 0. The molecule has 0 aromatic heterocycles. The lowest BCUT2D eigenvalue weighted by molar-refractivity contribution is -0.145. The molecule has 0 bridgehead atoms. The van der Waals surface area contributed by atoms with Gasteiger partial charge >= 0.3 is 11.9 Å². The van der Waals surface area contributed by atoms with Gasteiger partial charge in [-0.25, -0.2) is 0 Å². The van der Waals surface area contributed by atoms with Crippen LogP contribution < -0.4 is 5.32 Å². The number of esters is 1. The number of ether oxygens (including phenoxy) is 1. The van der Waals surface area contributed by atoms with Crippen molar-refractivity contribution in [3.05, 3.63) is 0 Å². The summed E-state index contributed by atoms with van der Waals surface area (Å²) in [5, 5.41) is 11.4. The van der Waals surface area contributed by atoms with Crippen molar-refractivity contribution < 1.29 is 19.4 Å². The van der Waals surface area contributed by atoms with E-state index in [-0.39, 0.29) is 18.4 Å². The zero-order valence-electron chi connectivity index (χ0n) is 9.99. The van der Waals surface area contributed by atoms with Crippen LogP contribution in [0.5, 0.6) is 0 Å². The monoisotopic (exact) mass is 231 g/mol. The maximum Gasteiger partial charge on any atom is 0.322 e. The quantitative estimate of drug-likeness (QED) is 0.460. The molecule has 0 heterocycles. The number of aliphatic carboxylic acids is 1. The topological polar surface area (TPSA) is 75.6 Å². The SMILES string of the molecule is CCOC(=O)C(C)NCCCCCC(=O)O. The molecule has 0 saturated carbocycles. The van der Waals surface area contributed by atoms with E-state index in [0.717, 1.165) is 12.8 Å². The minimum absolute atomic E-state index is 0.216. The highest BCUT2D eigenvalue weighted by atomic mass is 16.5. The number of unbranched alkanes of at least 4 members (excludes halogenated alkanes) is 2. The van der Waals surface area contributed by atoms with Gasteiger partial charge in [0, 0.05) is 6.42 Å². The van der Waals surface area contributed by atoms with Crippen molar-refractivity contribution in [2.45, 2.75) is 45.6 Å². The Labute approximate surface area is 96.2 Å². The largest absolute Gasteiger partial charge is 0.481 e. The number of carboxylic acids is 1. The molecule has 0 aliphatic heterocycles. The number of carbonyl (C=O) groups is 2. The van der Waals surface area contributed by atoms with E-state index in [1.807, 2.05) is 0 Å². The van der Waals surface area contributed by atoms with E-state index in [2.05, 4.69) is 5.32 Å². The van der Waals surface area contributed by atoms with Gasteiger partial charge in [-0.3, -0.25) is 9.59 Å². The fourth-order valence-corrected chi connectivity index (χ4v) is 1.25. The average Bonchev–Trinajstić information content (AvgIpc) is 2.22. The molecule has 0 amide bonds. The first-order valence-corrected chi connectivity index (χ1v) is 5.69. The molecule has 5 heteroatoms. The Morgan fingerprint density at radius 3 is 2.56 bits per heavy atom. The molecule has 0 aromatic rings. The van der Waals surface area contributed by atoms with Crippen LogP contribution in [0.3, 0.4) is 0 Å². The zero-order valence-corrected chi connectivity index (χ0v) is 9.99. The molecule has 2 N–H and O–H groups in total. The molecule has 0 aromatic carbocycles. The third-order valence-corrected chi connectivity index (χ3v) is 2.16. The van der Waals surface area contributed by atoms with E-state index in [9.17, 15) is 9.59 Å². The summed E-state index contributed by atoms with van der Waals surface area (Å²) in [6, 6.07) is -0.292. The van der Waals surface area contributed by atoms with Crippen molar-refractivity contribution in [1.29, 1.82) is 0 Å². The zero-order chi connectivity index (χ0) is 12.4. The Hall–Kier alpha value is -1.10. The summed E-state index contributed by atoms with van der Waals surface area (Å²) >= 11 is 0. The highest BCUT2D eigenvalue weighted by molar-refractivity contribution is 5.75. The van der Waals surface area contributed by atoms with E-state index in [0.29, 0.717) is 19.6 Å². The van der Waals surface area contributed by atoms with E-state index >= 15 is 0 Å². The number of hydrogen-bond acceptors (Lipinski definition) is 4. The molecule has 0 rings (SSSR count). The first-order chi connectivity index (χ1) is 7.57. The first kappa shape index (κ1) is 14.9. The molecule has 1 atom stereocenters. The van der Waals surface area contributed by atoms with E-state index in [1.165, 1.54) is 0 Å². The van der Waals surface area contributed by atoms with Crippen LogP contribution in [0.25, 0.3) is 0 Å². The number of rotatable bonds is 9. The molecule has 94 valence electrons. The summed E-state index contributed by atoms with van der Waals surface area (Å²) < 4.78 is 4.83. The number of carbonyl (C=O) groups excluding carboxylic acids is 1. The third kappa shape index (κ3) is 8.23. The average molecular weight is 231 g/mol. The molecule has 0 aliphatic rings. The Morgan fingerprint density at radius 1 is 1.31 bits per heavy atom. The third-order valence-electron chi connectivity index (χ3n) is 2.16. The molecule has 0 radical (unpaired) electrons. The highest BCUT2D eigenvalue weighted by Gasteiger charge is 2.11. The van der Waals surface area contributed by atoms with Gasteiger partial charge in [0.1, 0.15) is 6.04 Å². The predicted molar refractivity (Wildman–Crippen MR) is 60.2 cm³/mol. The van der Waals surface area contributed by atoms with E-state index < -0.39 is 5.97 Å². The van der Waals surface area contributed by atoms with Crippen LogP contribution in [0.15, 0.2) is 0 Å². The van der Waals surface area contributed by atoms with Gasteiger partial charge in [0.15, 0.2) is 0 Å². The van der Waals surface area contributed by atoms with Gasteiger partial charge in [0.25, 0.3) is 0 Å². The first-order valence-electron chi connectivity index (χ1n) is 5.69. The number of hydrogen-bond donors (Lipinski definition) is 2. The number of carboxylic acid groups (broad SMARTS) is 1. The minimum Gasteiger partial charge on any atom is -0.481 e. The molecule has 0 fully saturated rings. The second-order valence-electron chi connectivity index (χ2n) is 3.63. The molecule has 0 aliphatic carbocycles. The maximum atomic E-state index is 11.2. The van der Waals surface area contributed by atoms with E-state index in [4.69, 9.17) is 9.84 Å². The summed E-state index contributed by atoms with van der Waals surface area (Å²) in [6.07, 6.45) is 2.63. The van der Waals surface area contributed by atoms with Crippen LogP contribution in [0.1, 0.15) is 39.5 Å². The number of nitrogens with one attached hydrogen (secondary N) is 1. The molecule has 5 nitrogen and oxygen atoms in total. The van der Waals surface area contributed by atoms with Crippen LogP contribution in [-0.4, -0.2) is 36.2 Å². The van der Waals surface area contributed by atoms with Crippen molar-refractivity contribution in [3.8, 4) is 0 Å². The molecular formula is C11H21NO4. The van der Waals surface area contributed by atoms with Gasteiger partial charge < -0.3 is 15.2 Å². The van der Waals surface area contributed by atoms with Gasteiger partial charge in [-0.2, -0.15) is 0 Å². The predicted octanol–water partition coefficient (Wildman–Crippen LogP) is 1.17. The molecule has 16 heavy (non-hydrogen) atoms. The Kier molecular flexibility index (Phi) is 8.52. The molecular weight excluding hydrogens is 210 g/mol. The van der Waals surface area contributed by atoms with E-state index in [1.54, 1.807) is 13.8 Å². The summed E-state index contributed by atoms with van der Waals surface area (Å²) in [4.78, 5) is 21.4. The molecule has 1 unspecified atom stereocenters. The highest BCUT2D eigenvalue weighted by Crippen LogP contribution is 1.99. The van der Waals surface area contributed by atoms with Gasteiger partial charge in [0.05, 0.1) is 6.61 Å². The van der Waals surface area contributed by atoms with Gasteiger partial charge in [-0.15, -0.1) is 0 Å². The second-order valence-corrected chi connectivity index (χ2v) is 3.63. The van der Waals surface area contributed by atoms with Gasteiger partial charge in [-0.1, -0.05) is 6.42 Å². The summed E-state index contributed by atoms with van der Waals surface area (Å²) in [6.45, 7) is 4.63. The van der Waals surface area contributed by atoms with Crippen molar-refractivity contribution in [2.75, 3.05) is 13.2 Å². The lowest BCUT2D eigenvalue weighted by Gasteiger charge is -2.11. The Balaban J connectivity index is 3.37. The second kappa shape index (κ2) is 9.15.